The molecule has 1 aromatic heterocycles. The maximum atomic E-state index is 12.5. The Morgan fingerprint density at radius 3 is 2.69 bits per heavy atom. The second kappa shape index (κ2) is 4.63. The second-order valence-electron chi connectivity index (χ2n) is 2.84. The molecule has 0 saturated carbocycles. The number of carboxylic acids is 1. The van der Waals surface area contributed by atoms with Crippen LogP contribution < -0.4 is 5.73 Å². The fraction of sp³-hybridized carbons (Fsp3) is 0.222. The van der Waals surface area contributed by atoms with Crippen molar-refractivity contribution in [3.8, 4) is 6.07 Å². The minimum atomic E-state index is -2.88. The maximum Gasteiger partial charge on any atom is 0.339 e. The molecule has 0 bridgehead atoms. The van der Waals surface area contributed by atoms with Crippen molar-refractivity contribution in [3.63, 3.8) is 0 Å². The van der Waals surface area contributed by atoms with E-state index in [1.54, 1.807) is 0 Å². The molecule has 84 valence electrons. The molecule has 0 radical (unpaired) electrons. The minimum Gasteiger partial charge on any atom is -0.478 e. The van der Waals surface area contributed by atoms with Gasteiger partial charge in [-0.3, -0.25) is 0 Å². The van der Waals surface area contributed by atoms with Gasteiger partial charge >= 0.3 is 5.97 Å². The fourth-order valence-corrected chi connectivity index (χ4v) is 1.29. The van der Waals surface area contributed by atoms with Crippen LogP contribution in [0, 0.1) is 11.3 Å². The van der Waals surface area contributed by atoms with Crippen LogP contribution in [0.15, 0.2) is 6.20 Å². The average molecular weight is 227 g/mol. The van der Waals surface area contributed by atoms with Gasteiger partial charge in [-0.25, -0.2) is 18.6 Å². The van der Waals surface area contributed by atoms with E-state index in [0.29, 0.717) is 0 Å². The highest BCUT2D eigenvalue weighted by Crippen LogP contribution is 2.25. The number of alkyl halides is 2. The highest BCUT2D eigenvalue weighted by atomic mass is 19.3. The van der Waals surface area contributed by atoms with Gasteiger partial charge in [-0.15, -0.1) is 0 Å². The first-order valence-electron chi connectivity index (χ1n) is 4.16. The van der Waals surface area contributed by atoms with E-state index in [4.69, 9.17) is 16.1 Å². The van der Waals surface area contributed by atoms with Crippen LogP contribution in [-0.2, 0) is 6.54 Å². The van der Waals surface area contributed by atoms with Crippen LogP contribution in [0.3, 0.4) is 0 Å². The molecular weight excluding hydrogens is 220 g/mol. The number of carbonyl (C=O) groups is 1. The fourth-order valence-electron chi connectivity index (χ4n) is 1.29. The van der Waals surface area contributed by atoms with Crippen molar-refractivity contribution in [1.29, 1.82) is 5.26 Å². The van der Waals surface area contributed by atoms with E-state index in [1.165, 1.54) is 6.07 Å². The van der Waals surface area contributed by atoms with E-state index in [2.05, 4.69) is 4.98 Å². The van der Waals surface area contributed by atoms with E-state index in [-0.39, 0.29) is 5.56 Å². The van der Waals surface area contributed by atoms with Gasteiger partial charge in [0.2, 0.25) is 0 Å². The SMILES string of the molecule is N#Cc1ncc(C(F)F)c(CN)c1C(=O)O. The predicted octanol–water partition coefficient (Wildman–Crippen LogP) is 1.05. The van der Waals surface area contributed by atoms with Crippen LogP contribution in [-0.4, -0.2) is 16.1 Å². The average Bonchev–Trinajstić information content (AvgIpc) is 2.26. The van der Waals surface area contributed by atoms with E-state index in [0.717, 1.165) is 6.20 Å². The van der Waals surface area contributed by atoms with E-state index in [1.807, 2.05) is 0 Å². The van der Waals surface area contributed by atoms with Gasteiger partial charge in [-0.05, 0) is 5.56 Å². The molecule has 0 spiro atoms. The maximum absolute atomic E-state index is 12.5. The molecule has 0 atom stereocenters. The van der Waals surface area contributed by atoms with Crippen LogP contribution in [0.5, 0.6) is 0 Å². The van der Waals surface area contributed by atoms with Gasteiger partial charge in [0.05, 0.1) is 0 Å². The zero-order chi connectivity index (χ0) is 12.3. The highest BCUT2D eigenvalue weighted by molar-refractivity contribution is 5.92. The smallest absolute Gasteiger partial charge is 0.339 e. The molecule has 0 unspecified atom stereocenters. The number of rotatable bonds is 3. The second-order valence-corrected chi connectivity index (χ2v) is 2.84. The summed E-state index contributed by atoms with van der Waals surface area (Å²) < 4.78 is 25.0. The Bertz CT molecular complexity index is 469. The quantitative estimate of drug-likeness (QED) is 0.803. The zero-order valence-corrected chi connectivity index (χ0v) is 7.94. The third-order valence-electron chi connectivity index (χ3n) is 1.98. The summed E-state index contributed by atoms with van der Waals surface area (Å²) in [7, 11) is 0. The van der Waals surface area contributed by atoms with Crippen LogP contribution in [0.1, 0.15) is 33.6 Å². The molecule has 3 N–H and O–H groups in total. The summed E-state index contributed by atoms with van der Waals surface area (Å²) in [6.07, 6.45) is -2.10. The normalized spacial score (nSPS) is 10.2. The van der Waals surface area contributed by atoms with Gasteiger partial charge in [-0.2, -0.15) is 5.26 Å². The molecular formula is C9H7F2N3O2. The number of hydrogen-bond donors (Lipinski definition) is 2. The number of carboxylic acid groups (broad SMARTS) is 1. The molecule has 1 heterocycles. The molecule has 5 nitrogen and oxygen atoms in total. The molecule has 16 heavy (non-hydrogen) atoms. The number of aromatic nitrogens is 1. The lowest BCUT2D eigenvalue weighted by atomic mass is 10.0. The zero-order valence-electron chi connectivity index (χ0n) is 7.94. The lowest BCUT2D eigenvalue weighted by Crippen LogP contribution is -2.14. The van der Waals surface area contributed by atoms with Gasteiger partial charge in [-0.1, -0.05) is 0 Å². The van der Waals surface area contributed by atoms with Crippen LogP contribution in [0.25, 0.3) is 0 Å². The Morgan fingerprint density at radius 2 is 2.31 bits per heavy atom. The Labute approximate surface area is 89.1 Å². The summed E-state index contributed by atoms with van der Waals surface area (Å²) in [4.78, 5) is 14.2. The first-order valence-corrected chi connectivity index (χ1v) is 4.16. The standard InChI is InChI=1S/C9H7F2N3O2/c10-8(11)5-3-14-6(2-13)7(9(15)16)4(5)1-12/h3,8H,1,12H2,(H,15,16). The lowest BCUT2D eigenvalue weighted by molar-refractivity contribution is 0.0694. The number of nitriles is 1. The first-order chi connectivity index (χ1) is 7.52. The van der Waals surface area contributed by atoms with Gasteiger partial charge in [0.25, 0.3) is 6.43 Å². The first kappa shape index (κ1) is 12.0. The number of hydrogen-bond acceptors (Lipinski definition) is 4. The van der Waals surface area contributed by atoms with Crippen molar-refractivity contribution in [2.75, 3.05) is 0 Å². The minimum absolute atomic E-state index is 0.256. The van der Waals surface area contributed by atoms with Crippen molar-refractivity contribution in [2.24, 2.45) is 5.73 Å². The van der Waals surface area contributed by atoms with Gasteiger partial charge < -0.3 is 10.8 Å². The van der Waals surface area contributed by atoms with Gasteiger partial charge in [0.1, 0.15) is 11.6 Å². The molecule has 0 saturated heterocycles. The predicted molar refractivity (Wildman–Crippen MR) is 48.8 cm³/mol. The molecule has 0 fully saturated rings. The Hall–Kier alpha value is -2.07. The van der Waals surface area contributed by atoms with Crippen molar-refractivity contribution in [2.45, 2.75) is 13.0 Å². The van der Waals surface area contributed by atoms with Gasteiger partial charge in [0, 0.05) is 18.3 Å². The number of halogens is 2. The summed E-state index contributed by atoms with van der Waals surface area (Å²) >= 11 is 0. The molecule has 0 aliphatic carbocycles. The van der Waals surface area contributed by atoms with E-state index in [9.17, 15) is 13.6 Å². The van der Waals surface area contributed by atoms with E-state index < -0.39 is 35.8 Å². The number of nitrogens with two attached hydrogens (primary N) is 1. The Kier molecular flexibility index (Phi) is 3.48. The highest BCUT2D eigenvalue weighted by Gasteiger charge is 2.23. The van der Waals surface area contributed by atoms with Crippen molar-refractivity contribution in [3.05, 3.63) is 28.6 Å². The topological polar surface area (TPSA) is 100 Å². The number of nitrogens with zero attached hydrogens (tertiary/aromatic N) is 2. The molecule has 1 aromatic rings. The van der Waals surface area contributed by atoms with Crippen LogP contribution in [0.4, 0.5) is 8.78 Å². The molecule has 1 rings (SSSR count). The molecule has 7 heteroatoms. The number of aromatic carboxylic acids is 1. The third kappa shape index (κ3) is 1.97. The van der Waals surface area contributed by atoms with Crippen LogP contribution >= 0.6 is 0 Å². The van der Waals surface area contributed by atoms with Crippen LogP contribution in [0.2, 0.25) is 0 Å². The summed E-state index contributed by atoms with van der Waals surface area (Å²) in [5.74, 6) is -1.49. The largest absolute Gasteiger partial charge is 0.478 e. The van der Waals surface area contributed by atoms with E-state index >= 15 is 0 Å². The molecule has 0 aliphatic rings. The molecule has 0 amide bonds. The van der Waals surface area contributed by atoms with Crippen molar-refractivity contribution >= 4 is 5.97 Å². The number of pyridine rings is 1. The van der Waals surface area contributed by atoms with Crippen molar-refractivity contribution < 1.29 is 18.7 Å². The Morgan fingerprint density at radius 1 is 1.69 bits per heavy atom. The summed E-state index contributed by atoms with van der Waals surface area (Å²) in [5, 5.41) is 17.4. The summed E-state index contributed by atoms with van der Waals surface area (Å²) in [6, 6.07) is 1.53. The third-order valence-corrected chi connectivity index (χ3v) is 1.98. The summed E-state index contributed by atoms with van der Waals surface area (Å²) in [5.41, 5.74) is 3.43. The molecule has 0 aromatic carbocycles. The van der Waals surface area contributed by atoms with Gasteiger partial charge in [0.15, 0.2) is 5.69 Å². The summed E-state index contributed by atoms with van der Waals surface area (Å²) in [6.45, 7) is -0.390. The Balaban J connectivity index is 3.58. The monoisotopic (exact) mass is 227 g/mol. The van der Waals surface area contributed by atoms with Crippen molar-refractivity contribution in [1.82, 2.24) is 4.98 Å². The molecule has 0 aliphatic heterocycles. The lowest BCUT2D eigenvalue weighted by Gasteiger charge is -2.10.